The minimum absolute atomic E-state index is 0.376. The molecule has 1 aliphatic heterocycles. The van der Waals surface area contributed by atoms with Crippen molar-refractivity contribution >= 4 is 23.0 Å². The lowest BCUT2D eigenvalue weighted by molar-refractivity contribution is -0.180. The van der Waals surface area contributed by atoms with Crippen molar-refractivity contribution in [3.05, 3.63) is 21.9 Å². The van der Waals surface area contributed by atoms with E-state index in [1.165, 1.54) is 11.3 Å². The topological polar surface area (TPSA) is 37.1 Å². The van der Waals surface area contributed by atoms with Crippen LogP contribution in [0.3, 0.4) is 0 Å². The third-order valence-electron chi connectivity index (χ3n) is 2.83. The number of ketones is 1. The van der Waals surface area contributed by atoms with Crippen LogP contribution >= 0.6 is 11.3 Å². The highest BCUT2D eigenvalue weighted by Crippen LogP contribution is 2.54. The maximum Gasteiger partial charge on any atom is 0.471 e. The average molecular weight is 247 g/mol. The smallest absolute Gasteiger partial charge is 0.312 e. The summed E-state index contributed by atoms with van der Waals surface area (Å²) in [5, 5.41) is 3.24. The number of hydrogen-bond donors (Lipinski definition) is 0. The molecule has 0 bridgehead atoms. The highest BCUT2D eigenvalue weighted by molar-refractivity contribution is 7.08. The Morgan fingerprint density at radius 1 is 1.31 bits per heavy atom. The Kier molecular flexibility index (Phi) is 1.63. The van der Waals surface area contributed by atoms with Crippen LogP contribution in [-0.2, 0) is 4.79 Å². The van der Waals surface area contributed by atoms with Crippen LogP contribution in [0.4, 0.5) is 13.2 Å². The van der Waals surface area contributed by atoms with E-state index >= 15 is 0 Å². The predicted octanol–water partition coefficient (Wildman–Crippen LogP) is 1.76. The normalized spacial score (nSPS) is 26.7. The van der Waals surface area contributed by atoms with Gasteiger partial charge in [-0.3, -0.25) is 9.59 Å². The van der Waals surface area contributed by atoms with Gasteiger partial charge >= 0.3 is 12.1 Å². The average Bonchev–Trinajstić information content (AvgIpc) is 2.57. The number of carbonyl (C=O) groups excluding carboxylic acids is 2. The number of amides is 1. The molecule has 2 aliphatic rings. The number of hydrogen-bond acceptors (Lipinski definition) is 3. The van der Waals surface area contributed by atoms with Crippen molar-refractivity contribution in [2.75, 3.05) is 0 Å². The van der Waals surface area contributed by atoms with Crippen molar-refractivity contribution in [2.45, 2.75) is 18.3 Å². The number of rotatable bonds is 0. The molecule has 0 N–H and O–H groups in total. The highest BCUT2D eigenvalue weighted by Gasteiger charge is 2.66. The summed E-state index contributed by atoms with van der Waals surface area (Å²) in [4.78, 5) is 23.2. The van der Waals surface area contributed by atoms with Gasteiger partial charge in [-0.15, -0.1) is 0 Å². The van der Waals surface area contributed by atoms with E-state index in [1.54, 1.807) is 10.8 Å². The van der Waals surface area contributed by atoms with E-state index < -0.39 is 24.2 Å². The Morgan fingerprint density at radius 2 is 2.00 bits per heavy atom. The van der Waals surface area contributed by atoms with E-state index in [2.05, 4.69) is 0 Å². The summed E-state index contributed by atoms with van der Waals surface area (Å²) >= 11 is 1.26. The SMILES string of the molecule is O=C1c2cscc2[C@@H]2[C@H]1N2C(=O)C(F)(F)F. The van der Waals surface area contributed by atoms with Crippen LogP contribution in [0.5, 0.6) is 0 Å². The fraction of sp³-hybridized carbons (Fsp3) is 0.333. The first kappa shape index (κ1) is 9.83. The molecule has 1 amide bonds. The second kappa shape index (κ2) is 2.65. The molecule has 1 saturated heterocycles. The van der Waals surface area contributed by atoms with Gasteiger partial charge in [0.2, 0.25) is 0 Å². The molecule has 84 valence electrons. The number of Topliss-reactive ketones (excluding diaryl/α,β-unsaturated/α-hetero) is 1. The van der Waals surface area contributed by atoms with Gasteiger partial charge < -0.3 is 4.90 Å². The Balaban J connectivity index is 1.93. The van der Waals surface area contributed by atoms with Crippen molar-refractivity contribution in [3.63, 3.8) is 0 Å². The lowest BCUT2D eigenvalue weighted by Crippen LogP contribution is -2.33. The van der Waals surface area contributed by atoms with E-state index in [-0.39, 0.29) is 5.78 Å². The van der Waals surface area contributed by atoms with Gasteiger partial charge in [0.1, 0.15) is 6.04 Å². The number of thiophene rings is 1. The van der Waals surface area contributed by atoms with Crippen LogP contribution in [0.25, 0.3) is 0 Å². The molecule has 1 aromatic heterocycles. The van der Waals surface area contributed by atoms with Gasteiger partial charge in [-0.05, 0) is 10.9 Å². The lowest BCUT2D eigenvalue weighted by atomic mass is 10.2. The van der Waals surface area contributed by atoms with Crippen LogP contribution in [0.15, 0.2) is 10.8 Å². The van der Waals surface area contributed by atoms with Gasteiger partial charge in [-0.2, -0.15) is 24.5 Å². The summed E-state index contributed by atoms with van der Waals surface area (Å²) in [5.41, 5.74) is 1.02. The van der Waals surface area contributed by atoms with Gasteiger partial charge in [0.05, 0.1) is 6.04 Å². The molecule has 0 aromatic carbocycles. The summed E-state index contributed by atoms with van der Waals surface area (Å²) in [6.45, 7) is 0. The third kappa shape index (κ3) is 1.03. The quantitative estimate of drug-likeness (QED) is 0.655. The van der Waals surface area contributed by atoms with E-state index in [0.29, 0.717) is 16.0 Å². The maximum absolute atomic E-state index is 12.2. The molecule has 0 saturated carbocycles. The van der Waals surface area contributed by atoms with Crippen LogP contribution in [0, 0.1) is 0 Å². The zero-order chi connectivity index (χ0) is 11.7. The molecule has 0 radical (unpaired) electrons. The molecular formula is C9H4F3NO2S. The van der Waals surface area contributed by atoms with E-state index in [9.17, 15) is 22.8 Å². The Hall–Kier alpha value is -1.37. The molecule has 2 atom stereocenters. The number of carbonyl (C=O) groups is 2. The van der Waals surface area contributed by atoms with E-state index in [4.69, 9.17) is 0 Å². The molecule has 1 fully saturated rings. The van der Waals surface area contributed by atoms with Crippen molar-refractivity contribution < 1.29 is 22.8 Å². The van der Waals surface area contributed by atoms with Gasteiger partial charge in [0.15, 0.2) is 5.78 Å². The molecule has 3 rings (SSSR count). The number of fused-ring (bicyclic) bond motifs is 3. The zero-order valence-electron chi connectivity index (χ0n) is 7.62. The minimum Gasteiger partial charge on any atom is -0.312 e. The van der Waals surface area contributed by atoms with Gasteiger partial charge in [-0.1, -0.05) is 0 Å². The second-order valence-electron chi connectivity index (χ2n) is 3.70. The first-order valence-electron chi connectivity index (χ1n) is 4.42. The largest absolute Gasteiger partial charge is 0.471 e. The van der Waals surface area contributed by atoms with E-state index in [1.807, 2.05) is 0 Å². The third-order valence-corrected chi connectivity index (χ3v) is 3.59. The van der Waals surface area contributed by atoms with Crippen LogP contribution in [0.2, 0.25) is 0 Å². The summed E-state index contributed by atoms with van der Waals surface area (Å²) in [7, 11) is 0. The molecule has 3 nitrogen and oxygen atoms in total. The fourth-order valence-electron chi connectivity index (χ4n) is 2.12. The molecule has 1 aromatic rings. The Morgan fingerprint density at radius 3 is 2.62 bits per heavy atom. The second-order valence-corrected chi connectivity index (χ2v) is 4.45. The first-order chi connectivity index (χ1) is 7.43. The molecule has 16 heavy (non-hydrogen) atoms. The number of nitrogens with zero attached hydrogens (tertiary/aromatic N) is 1. The Bertz CT molecular complexity index is 507. The standard InChI is InChI=1S/C9H4F3NO2S/c10-9(11,12)8(15)13-5-3-1-16-2-4(3)7(14)6(5)13/h1-2,5-6H/t5-,6-,13?/m1/s1. The van der Waals surface area contributed by atoms with Crippen molar-refractivity contribution in [3.8, 4) is 0 Å². The number of halogens is 3. The molecule has 0 spiro atoms. The summed E-state index contributed by atoms with van der Waals surface area (Å²) < 4.78 is 36.5. The van der Waals surface area contributed by atoms with Gasteiger partial charge in [0.25, 0.3) is 0 Å². The molecule has 1 aliphatic carbocycles. The van der Waals surface area contributed by atoms with Crippen molar-refractivity contribution in [1.29, 1.82) is 0 Å². The summed E-state index contributed by atoms with van der Waals surface area (Å²) in [6, 6.07) is -1.59. The zero-order valence-corrected chi connectivity index (χ0v) is 8.43. The van der Waals surface area contributed by atoms with Gasteiger partial charge in [-0.25, -0.2) is 0 Å². The first-order valence-corrected chi connectivity index (χ1v) is 5.37. The minimum atomic E-state index is -4.90. The maximum atomic E-state index is 12.2. The lowest BCUT2D eigenvalue weighted by Gasteiger charge is -2.09. The summed E-state index contributed by atoms with van der Waals surface area (Å²) in [5.74, 6) is -2.30. The van der Waals surface area contributed by atoms with Crippen molar-refractivity contribution in [2.24, 2.45) is 0 Å². The van der Waals surface area contributed by atoms with E-state index in [0.717, 1.165) is 0 Å². The van der Waals surface area contributed by atoms with Gasteiger partial charge in [0, 0.05) is 10.9 Å². The summed E-state index contributed by atoms with van der Waals surface area (Å²) in [6.07, 6.45) is -4.90. The van der Waals surface area contributed by atoms with Crippen LogP contribution < -0.4 is 0 Å². The number of alkyl halides is 3. The monoisotopic (exact) mass is 247 g/mol. The van der Waals surface area contributed by atoms with Crippen LogP contribution in [0.1, 0.15) is 22.0 Å². The van der Waals surface area contributed by atoms with Crippen molar-refractivity contribution in [1.82, 2.24) is 4.90 Å². The van der Waals surface area contributed by atoms with Crippen LogP contribution in [-0.4, -0.2) is 28.8 Å². The molecule has 7 heteroatoms. The Labute approximate surface area is 91.5 Å². The molecule has 0 unspecified atom stereocenters. The fourth-order valence-corrected chi connectivity index (χ4v) is 2.98. The molecular weight excluding hydrogens is 243 g/mol. The highest BCUT2D eigenvalue weighted by atomic mass is 32.1. The molecule has 2 heterocycles. The predicted molar refractivity (Wildman–Crippen MR) is 48.1 cm³/mol.